The topological polar surface area (TPSA) is 12.0 Å². The summed E-state index contributed by atoms with van der Waals surface area (Å²) in [7, 11) is 0. The molecule has 0 amide bonds. The number of thioether (sulfide) groups is 1. The van der Waals surface area contributed by atoms with E-state index in [1.807, 2.05) is 23.9 Å². The van der Waals surface area contributed by atoms with Crippen LogP contribution in [-0.4, -0.2) is 5.54 Å². The molecule has 0 aliphatic carbocycles. The summed E-state index contributed by atoms with van der Waals surface area (Å²) in [6, 6.07) is 16.7. The van der Waals surface area contributed by atoms with Gasteiger partial charge in [-0.15, -0.1) is 11.8 Å². The van der Waals surface area contributed by atoms with Crippen molar-refractivity contribution in [2.45, 2.75) is 43.5 Å². The Morgan fingerprint density at radius 2 is 1.67 bits per heavy atom. The van der Waals surface area contributed by atoms with Crippen LogP contribution in [0, 0.1) is 0 Å². The molecule has 1 N–H and O–H groups in total. The summed E-state index contributed by atoms with van der Waals surface area (Å²) in [4.78, 5) is 1.34. The van der Waals surface area contributed by atoms with Crippen molar-refractivity contribution in [1.82, 2.24) is 5.32 Å². The maximum atomic E-state index is 5.92. The lowest BCUT2D eigenvalue weighted by Gasteiger charge is -2.21. The number of halogens is 1. The molecule has 0 bridgehead atoms. The Labute approximate surface area is 137 Å². The van der Waals surface area contributed by atoms with E-state index in [-0.39, 0.29) is 5.54 Å². The lowest BCUT2D eigenvalue weighted by atomic mass is 10.1. The minimum atomic E-state index is 0.133. The Hall–Kier alpha value is -0.960. The molecule has 0 unspecified atom stereocenters. The number of benzene rings is 2. The van der Waals surface area contributed by atoms with Crippen LogP contribution in [0.1, 0.15) is 31.9 Å². The first-order valence-electron chi connectivity index (χ1n) is 7.14. The van der Waals surface area contributed by atoms with E-state index in [0.29, 0.717) is 0 Å². The third-order valence-corrected chi connectivity index (χ3v) is 4.53. The second-order valence-electron chi connectivity index (χ2n) is 6.13. The number of rotatable bonds is 5. The predicted octanol–water partition coefficient (Wildman–Crippen LogP) is 5.52. The first kappa shape index (κ1) is 16.4. The molecular formula is C18H22ClNS. The van der Waals surface area contributed by atoms with Crippen molar-refractivity contribution in [3.8, 4) is 0 Å². The van der Waals surface area contributed by atoms with Crippen molar-refractivity contribution in [2.24, 2.45) is 0 Å². The molecule has 0 aromatic heterocycles. The highest BCUT2D eigenvalue weighted by Crippen LogP contribution is 2.27. The summed E-state index contributed by atoms with van der Waals surface area (Å²) in [5.74, 6) is 0.962. The summed E-state index contributed by atoms with van der Waals surface area (Å²) in [5.41, 5.74) is 2.78. The molecule has 0 radical (unpaired) electrons. The molecule has 0 saturated heterocycles. The van der Waals surface area contributed by atoms with Crippen LogP contribution in [0.5, 0.6) is 0 Å². The van der Waals surface area contributed by atoms with Gasteiger partial charge in [0, 0.05) is 27.8 Å². The summed E-state index contributed by atoms with van der Waals surface area (Å²) in [6.45, 7) is 7.47. The molecule has 3 heteroatoms. The molecule has 112 valence electrons. The quantitative estimate of drug-likeness (QED) is 0.728. The Bertz CT molecular complexity index is 573. The first-order valence-corrected chi connectivity index (χ1v) is 8.50. The summed E-state index contributed by atoms with van der Waals surface area (Å²) in [6.07, 6.45) is 0. The number of hydrogen-bond acceptors (Lipinski definition) is 2. The van der Waals surface area contributed by atoms with E-state index in [2.05, 4.69) is 62.5 Å². The van der Waals surface area contributed by atoms with Gasteiger partial charge in [0.05, 0.1) is 0 Å². The maximum Gasteiger partial charge on any atom is 0.0406 e. The van der Waals surface area contributed by atoms with Gasteiger partial charge >= 0.3 is 0 Å². The molecule has 0 aliphatic rings. The second-order valence-corrected chi connectivity index (χ2v) is 7.58. The molecule has 0 fully saturated rings. The van der Waals surface area contributed by atoms with E-state index >= 15 is 0 Å². The fourth-order valence-electron chi connectivity index (χ4n) is 1.89. The van der Waals surface area contributed by atoms with Gasteiger partial charge in [0.15, 0.2) is 0 Å². The smallest absolute Gasteiger partial charge is 0.0406 e. The fraction of sp³-hybridized carbons (Fsp3) is 0.333. The van der Waals surface area contributed by atoms with Crippen LogP contribution in [0.2, 0.25) is 5.02 Å². The molecule has 2 aromatic rings. The third kappa shape index (κ3) is 5.74. The van der Waals surface area contributed by atoms with E-state index in [9.17, 15) is 0 Å². The van der Waals surface area contributed by atoms with Gasteiger partial charge in [-0.05, 0) is 50.1 Å². The minimum absolute atomic E-state index is 0.133. The van der Waals surface area contributed by atoms with Crippen molar-refractivity contribution < 1.29 is 0 Å². The Morgan fingerprint density at radius 1 is 1.00 bits per heavy atom. The van der Waals surface area contributed by atoms with Crippen molar-refractivity contribution in [1.29, 1.82) is 0 Å². The molecule has 0 saturated carbocycles. The van der Waals surface area contributed by atoms with Crippen LogP contribution < -0.4 is 5.32 Å². The molecule has 21 heavy (non-hydrogen) atoms. The Kier molecular flexibility index (Phi) is 5.74. The van der Waals surface area contributed by atoms with E-state index in [1.165, 1.54) is 16.0 Å². The molecule has 1 nitrogen and oxygen atoms in total. The average molecular weight is 320 g/mol. The van der Waals surface area contributed by atoms with E-state index in [4.69, 9.17) is 11.6 Å². The van der Waals surface area contributed by atoms with Gasteiger partial charge in [0.1, 0.15) is 0 Å². The van der Waals surface area contributed by atoms with Crippen LogP contribution in [0.25, 0.3) is 0 Å². The SMILES string of the molecule is CC(C)(C)NCc1ccccc1SCc1ccc(Cl)cc1. The van der Waals surface area contributed by atoms with Crippen LogP contribution in [0.3, 0.4) is 0 Å². The maximum absolute atomic E-state index is 5.92. The molecule has 0 atom stereocenters. The molecule has 2 aromatic carbocycles. The van der Waals surface area contributed by atoms with Crippen molar-refractivity contribution in [3.05, 3.63) is 64.7 Å². The van der Waals surface area contributed by atoms with E-state index < -0.39 is 0 Å². The first-order chi connectivity index (χ1) is 9.94. The predicted molar refractivity (Wildman–Crippen MR) is 94.0 cm³/mol. The Balaban J connectivity index is 2.01. The van der Waals surface area contributed by atoms with Gasteiger partial charge in [0.25, 0.3) is 0 Å². The van der Waals surface area contributed by atoms with Crippen LogP contribution in [0.4, 0.5) is 0 Å². The zero-order chi connectivity index (χ0) is 15.3. The number of nitrogens with one attached hydrogen (secondary N) is 1. The highest BCUT2D eigenvalue weighted by Gasteiger charge is 2.10. The highest BCUT2D eigenvalue weighted by atomic mass is 35.5. The van der Waals surface area contributed by atoms with Gasteiger partial charge in [0.2, 0.25) is 0 Å². The van der Waals surface area contributed by atoms with E-state index in [0.717, 1.165) is 17.3 Å². The van der Waals surface area contributed by atoms with Crippen LogP contribution in [-0.2, 0) is 12.3 Å². The second kappa shape index (κ2) is 7.35. The third-order valence-electron chi connectivity index (χ3n) is 3.09. The summed E-state index contributed by atoms with van der Waals surface area (Å²) >= 11 is 7.80. The zero-order valence-electron chi connectivity index (χ0n) is 12.8. The Morgan fingerprint density at radius 3 is 2.33 bits per heavy atom. The van der Waals surface area contributed by atoms with Crippen molar-refractivity contribution in [3.63, 3.8) is 0 Å². The van der Waals surface area contributed by atoms with Gasteiger partial charge in [-0.2, -0.15) is 0 Å². The minimum Gasteiger partial charge on any atom is -0.308 e. The summed E-state index contributed by atoms with van der Waals surface area (Å²) < 4.78 is 0. The fourth-order valence-corrected chi connectivity index (χ4v) is 3.03. The normalized spacial score (nSPS) is 11.6. The summed E-state index contributed by atoms with van der Waals surface area (Å²) in [5, 5.41) is 4.34. The zero-order valence-corrected chi connectivity index (χ0v) is 14.4. The van der Waals surface area contributed by atoms with Gasteiger partial charge in [-0.25, -0.2) is 0 Å². The molecule has 0 spiro atoms. The number of hydrogen-bond donors (Lipinski definition) is 1. The standard InChI is InChI=1S/C18H22ClNS/c1-18(2,3)20-12-15-6-4-5-7-17(15)21-13-14-8-10-16(19)11-9-14/h4-11,20H,12-13H2,1-3H3. The molecular weight excluding hydrogens is 298 g/mol. The van der Waals surface area contributed by atoms with Crippen LogP contribution >= 0.6 is 23.4 Å². The van der Waals surface area contributed by atoms with Crippen LogP contribution in [0.15, 0.2) is 53.4 Å². The highest BCUT2D eigenvalue weighted by molar-refractivity contribution is 7.98. The molecule has 0 heterocycles. The van der Waals surface area contributed by atoms with Crippen molar-refractivity contribution in [2.75, 3.05) is 0 Å². The lowest BCUT2D eigenvalue weighted by Crippen LogP contribution is -2.35. The average Bonchev–Trinajstić information content (AvgIpc) is 2.44. The largest absolute Gasteiger partial charge is 0.308 e. The van der Waals surface area contributed by atoms with Gasteiger partial charge in [-0.1, -0.05) is 41.9 Å². The molecule has 0 aliphatic heterocycles. The molecule has 2 rings (SSSR count). The van der Waals surface area contributed by atoms with Crippen molar-refractivity contribution >= 4 is 23.4 Å². The van der Waals surface area contributed by atoms with E-state index in [1.54, 1.807) is 0 Å². The van der Waals surface area contributed by atoms with Gasteiger partial charge in [-0.3, -0.25) is 0 Å². The lowest BCUT2D eigenvalue weighted by molar-refractivity contribution is 0.422. The monoisotopic (exact) mass is 319 g/mol. The van der Waals surface area contributed by atoms with Gasteiger partial charge < -0.3 is 5.32 Å².